The molecule has 0 fully saturated rings. The zero-order valence-corrected chi connectivity index (χ0v) is 17.6. The number of hydrogen-bond donors (Lipinski definition) is 0. The lowest BCUT2D eigenvalue weighted by Crippen LogP contribution is -1.87. The molecule has 0 bridgehead atoms. The van der Waals surface area contributed by atoms with Crippen LogP contribution in [0, 0.1) is 0 Å². The summed E-state index contributed by atoms with van der Waals surface area (Å²) in [5.74, 6) is 0. The van der Waals surface area contributed by atoms with Gasteiger partial charge in [-0.2, -0.15) is 0 Å². The van der Waals surface area contributed by atoms with Crippen LogP contribution in [0.2, 0.25) is 0 Å². The highest BCUT2D eigenvalue weighted by molar-refractivity contribution is 7.26. The van der Waals surface area contributed by atoms with E-state index >= 15 is 0 Å². The van der Waals surface area contributed by atoms with E-state index in [0.717, 1.165) is 5.69 Å². The van der Waals surface area contributed by atoms with Crippen molar-refractivity contribution in [3.63, 3.8) is 0 Å². The maximum Gasteiger partial charge on any atom is 0.0722 e. The minimum absolute atomic E-state index is 1.01. The van der Waals surface area contributed by atoms with E-state index in [0.29, 0.717) is 0 Å². The molecule has 0 saturated heterocycles. The third-order valence-electron chi connectivity index (χ3n) is 5.75. The first-order chi connectivity index (χ1) is 15.4. The van der Waals surface area contributed by atoms with Crippen LogP contribution in [0.5, 0.6) is 0 Å². The number of thiophene rings is 1. The Bertz CT molecular complexity index is 1510. The fourth-order valence-corrected chi connectivity index (χ4v) is 5.53. The molecule has 31 heavy (non-hydrogen) atoms. The molecule has 2 heteroatoms. The number of hydrogen-bond acceptors (Lipinski definition) is 2. The Morgan fingerprint density at radius 3 is 2.03 bits per heavy atom. The summed E-state index contributed by atoms with van der Waals surface area (Å²) in [5.41, 5.74) is 7.11. The van der Waals surface area contributed by atoms with E-state index in [1.54, 1.807) is 0 Å². The number of aromatic nitrogens is 1. The fourth-order valence-electron chi connectivity index (χ4n) is 4.28. The molecule has 0 aliphatic heterocycles. The first-order valence-electron chi connectivity index (χ1n) is 10.4. The molecule has 0 saturated carbocycles. The smallest absolute Gasteiger partial charge is 0.0722 e. The molecular formula is C29H19NS. The lowest BCUT2D eigenvalue weighted by Gasteiger charge is -2.10. The highest BCUT2D eigenvalue weighted by atomic mass is 32.1. The van der Waals surface area contributed by atoms with Crippen molar-refractivity contribution in [1.29, 1.82) is 0 Å². The summed E-state index contributed by atoms with van der Waals surface area (Å²) in [6.07, 6.45) is 1.92. The predicted octanol–water partition coefficient (Wildman–Crippen LogP) is 8.45. The van der Waals surface area contributed by atoms with Gasteiger partial charge in [0.25, 0.3) is 0 Å². The number of fused-ring (bicyclic) bond motifs is 3. The van der Waals surface area contributed by atoms with E-state index in [4.69, 9.17) is 4.98 Å². The fraction of sp³-hybridized carbons (Fsp3) is 0. The van der Waals surface area contributed by atoms with Gasteiger partial charge in [0, 0.05) is 31.9 Å². The minimum Gasteiger partial charge on any atom is -0.256 e. The Morgan fingerprint density at radius 2 is 1.23 bits per heavy atom. The highest BCUT2D eigenvalue weighted by Crippen LogP contribution is 2.44. The quantitative estimate of drug-likeness (QED) is 0.283. The summed E-state index contributed by atoms with van der Waals surface area (Å²) in [7, 11) is 0. The van der Waals surface area contributed by atoms with E-state index in [2.05, 4.69) is 109 Å². The lowest BCUT2D eigenvalue weighted by atomic mass is 9.95. The third-order valence-corrected chi connectivity index (χ3v) is 6.96. The molecule has 0 N–H and O–H groups in total. The SMILES string of the molecule is c1ccc(-c2ccnc(-c3ccc(-c4ccccc4)c4c3sc3ccccc34)c2)cc1. The van der Waals surface area contributed by atoms with Crippen molar-refractivity contribution < 1.29 is 0 Å². The van der Waals surface area contributed by atoms with E-state index in [1.165, 1.54) is 48.0 Å². The topological polar surface area (TPSA) is 12.9 Å². The van der Waals surface area contributed by atoms with Crippen LogP contribution in [-0.4, -0.2) is 4.98 Å². The van der Waals surface area contributed by atoms with Crippen molar-refractivity contribution in [2.75, 3.05) is 0 Å². The first-order valence-corrected chi connectivity index (χ1v) is 11.2. The first kappa shape index (κ1) is 18.1. The van der Waals surface area contributed by atoms with Crippen molar-refractivity contribution >= 4 is 31.5 Å². The van der Waals surface area contributed by atoms with Crippen LogP contribution in [0.25, 0.3) is 53.7 Å². The largest absolute Gasteiger partial charge is 0.256 e. The average molecular weight is 414 g/mol. The molecule has 2 aromatic heterocycles. The van der Waals surface area contributed by atoms with Gasteiger partial charge in [0.15, 0.2) is 0 Å². The van der Waals surface area contributed by atoms with Gasteiger partial charge in [-0.25, -0.2) is 0 Å². The van der Waals surface area contributed by atoms with Crippen LogP contribution < -0.4 is 0 Å². The summed E-state index contributed by atoms with van der Waals surface area (Å²) >= 11 is 1.85. The monoisotopic (exact) mass is 413 g/mol. The van der Waals surface area contributed by atoms with Gasteiger partial charge >= 0.3 is 0 Å². The second-order valence-corrected chi connectivity index (χ2v) is 8.68. The molecule has 0 unspecified atom stereocenters. The zero-order valence-electron chi connectivity index (χ0n) is 16.8. The maximum atomic E-state index is 4.76. The van der Waals surface area contributed by atoms with Crippen LogP contribution in [0.1, 0.15) is 0 Å². The van der Waals surface area contributed by atoms with E-state index < -0.39 is 0 Å². The molecule has 146 valence electrons. The molecule has 0 atom stereocenters. The molecule has 4 aromatic carbocycles. The third kappa shape index (κ3) is 3.13. The Balaban J connectivity index is 1.63. The maximum absolute atomic E-state index is 4.76. The van der Waals surface area contributed by atoms with Gasteiger partial charge in [-0.3, -0.25) is 4.98 Å². The molecule has 2 heterocycles. The van der Waals surface area contributed by atoms with Gasteiger partial charge < -0.3 is 0 Å². The lowest BCUT2D eigenvalue weighted by molar-refractivity contribution is 1.33. The Kier molecular flexibility index (Phi) is 4.37. The van der Waals surface area contributed by atoms with Crippen LogP contribution in [0.3, 0.4) is 0 Å². The minimum atomic E-state index is 1.01. The number of benzene rings is 4. The van der Waals surface area contributed by atoms with E-state index in [-0.39, 0.29) is 0 Å². The van der Waals surface area contributed by atoms with Crippen molar-refractivity contribution in [1.82, 2.24) is 4.98 Å². The highest BCUT2D eigenvalue weighted by Gasteiger charge is 2.16. The van der Waals surface area contributed by atoms with Gasteiger partial charge in [0.2, 0.25) is 0 Å². The number of pyridine rings is 1. The van der Waals surface area contributed by atoms with E-state index in [1.807, 2.05) is 17.5 Å². The second-order valence-electron chi connectivity index (χ2n) is 7.62. The van der Waals surface area contributed by atoms with Crippen molar-refractivity contribution in [2.45, 2.75) is 0 Å². The average Bonchev–Trinajstić information content (AvgIpc) is 3.24. The molecule has 6 rings (SSSR count). The van der Waals surface area contributed by atoms with Gasteiger partial charge in [0.1, 0.15) is 0 Å². The molecule has 0 aliphatic carbocycles. The summed E-state index contributed by atoms with van der Waals surface area (Å²) < 4.78 is 2.60. The molecule has 0 amide bonds. The molecule has 0 radical (unpaired) electrons. The predicted molar refractivity (Wildman–Crippen MR) is 133 cm³/mol. The van der Waals surface area contributed by atoms with Gasteiger partial charge in [-0.05, 0) is 40.5 Å². The van der Waals surface area contributed by atoms with Crippen LogP contribution in [0.15, 0.2) is 115 Å². The Hall–Kier alpha value is -3.75. The Labute approximate surface area is 185 Å². The van der Waals surface area contributed by atoms with Crippen molar-refractivity contribution in [2.24, 2.45) is 0 Å². The zero-order chi connectivity index (χ0) is 20.6. The summed E-state index contributed by atoms with van der Waals surface area (Å²) in [6.45, 7) is 0. The molecule has 6 aromatic rings. The van der Waals surface area contributed by atoms with Crippen molar-refractivity contribution in [3.05, 3.63) is 115 Å². The van der Waals surface area contributed by atoms with Crippen LogP contribution >= 0.6 is 11.3 Å². The van der Waals surface area contributed by atoms with Crippen LogP contribution in [0.4, 0.5) is 0 Å². The van der Waals surface area contributed by atoms with Gasteiger partial charge in [-0.1, -0.05) is 91.0 Å². The van der Waals surface area contributed by atoms with Crippen LogP contribution in [-0.2, 0) is 0 Å². The van der Waals surface area contributed by atoms with E-state index in [9.17, 15) is 0 Å². The van der Waals surface area contributed by atoms with Gasteiger partial charge in [-0.15, -0.1) is 11.3 Å². The standard InChI is InChI=1S/C29H19NS/c1-3-9-20(10-4-1)22-17-18-30-26(19-22)24-16-15-23(21-11-5-2-6-12-21)28-25-13-7-8-14-27(25)31-29(24)28/h1-19H. The molecule has 0 aliphatic rings. The second kappa shape index (κ2) is 7.50. The summed E-state index contributed by atoms with van der Waals surface area (Å²) in [6, 6.07) is 38.6. The number of nitrogens with zero attached hydrogens (tertiary/aromatic N) is 1. The molecule has 1 nitrogen and oxygen atoms in total. The summed E-state index contributed by atoms with van der Waals surface area (Å²) in [5, 5.41) is 2.62. The Morgan fingerprint density at radius 1 is 0.548 bits per heavy atom. The van der Waals surface area contributed by atoms with Gasteiger partial charge in [0.05, 0.1) is 5.69 Å². The molecule has 0 spiro atoms. The molecular weight excluding hydrogens is 394 g/mol. The summed E-state index contributed by atoms with van der Waals surface area (Å²) in [4.78, 5) is 4.76. The normalized spacial score (nSPS) is 11.2. The number of rotatable bonds is 3. The van der Waals surface area contributed by atoms with Crippen molar-refractivity contribution in [3.8, 4) is 33.5 Å².